The van der Waals surface area contributed by atoms with Crippen LogP contribution >= 0.6 is 0 Å². The van der Waals surface area contributed by atoms with Crippen molar-refractivity contribution in [1.29, 1.82) is 0 Å². The van der Waals surface area contributed by atoms with Gasteiger partial charge in [0.15, 0.2) is 0 Å². The van der Waals surface area contributed by atoms with E-state index in [1.807, 2.05) is 30.3 Å². The average Bonchev–Trinajstić information content (AvgIpc) is 2.63. The van der Waals surface area contributed by atoms with E-state index in [4.69, 9.17) is 0 Å². The van der Waals surface area contributed by atoms with Gasteiger partial charge in [-0.1, -0.05) is 42.5 Å². The number of nitrogens with zero attached hydrogens (tertiary/aromatic N) is 2. The summed E-state index contributed by atoms with van der Waals surface area (Å²) in [4.78, 5) is 33.7. The van der Waals surface area contributed by atoms with Gasteiger partial charge < -0.3 is 5.32 Å². The van der Waals surface area contributed by atoms with Gasteiger partial charge in [0.2, 0.25) is 11.8 Å². The van der Waals surface area contributed by atoms with Gasteiger partial charge >= 0.3 is 0 Å². The Morgan fingerprint density at radius 3 is 2.46 bits per heavy atom. The molecule has 8 heteroatoms. The van der Waals surface area contributed by atoms with Crippen LogP contribution in [-0.2, 0) is 16.0 Å². The molecule has 0 bridgehead atoms. The number of hydrazone groups is 1. The average molecular weight is 354 g/mol. The SMILES string of the molecule is O=C(CC(=O)N/N=C\c1ccccc1[N+](=O)[O-])NCCc1ccccc1. The Balaban J connectivity index is 1.74. The first kappa shape index (κ1) is 18.8. The van der Waals surface area contributed by atoms with Crippen molar-refractivity contribution < 1.29 is 14.5 Å². The first-order valence-electron chi connectivity index (χ1n) is 7.92. The molecule has 2 rings (SSSR count). The van der Waals surface area contributed by atoms with Gasteiger partial charge in [0, 0.05) is 12.6 Å². The maximum absolute atomic E-state index is 11.7. The lowest BCUT2D eigenvalue weighted by Crippen LogP contribution is -2.31. The van der Waals surface area contributed by atoms with E-state index in [1.54, 1.807) is 6.07 Å². The summed E-state index contributed by atoms with van der Waals surface area (Å²) in [6.07, 6.45) is 1.47. The molecule has 0 saturated heterocycles. The molecule has 0 spiro atoms. The lowest BCUT2D eigenvalue weighted by Gasteiger charge is -2.04. The first-order chi connectivity index (χ1) is 12.6. The molecule has 0 aliphatic heterocycles. The normalized spacial score (nSPS) is 10.5. The van der Waals surface area contributed by atoms with E-state index in [9.17, 15) is 19.7 Å². The van der Waals surface area contributed by atoms with Crippen molar-refractivity contribution >= 4 is 23.7 Å². The molecule has 8 nitrogen and oxygen atoms in total. The third kappa shape index (κ3) is 6.16. The van der Waals surface area contributed by atoms with E-state index in [0.717, 1.165) is 5.56 Å². The molecule has 0 aliphatic rings. The predicted octanol–water partition coefficient (Wildman–Crippen LogP) is 1.79. The number of rotatable bonds is 8. The predicted molar refractivity (Wildman–Crippen MR) is 96.6 cm³/mol. The maximum Gasteiger partial charge on any atom is 0.278 e. The molecular formula is C18H18N4O4. The number of nitro benzene ring substituents is 1. The lowest BCUT2D eigenvalue weighted by molar-refractivity contribution is -0.385. The maximum atomic E-state index is 11.7. The molecule has 0 heterocycles. The molecule has 134 valence electrons. The van der Waals surface area contributed by atoms with Crippen LogP contribution in [0.3, 0.4) is 0 Å². The van der Waals surface area contributed by atoms with Gasteiger partial charge in [0.1, 0.15) is 6.42 Å². The Morgan fingerprint density at radius 2 is 1.73 bits per heavy atom. The standard InChI is InChI=1S/C18H18N4O4/c23-17(19-11-10-14-6-2-1-3-7-14)12-18(24)21-20-13-15-8-4-5-9-16(15)22(25)26/h1-9,13H,10-12H2,(H,19,23)(H,21,24)/b20-13-. The number of hydrogen-bond acceptors (Lipinski definition) is 5. The van der Waals surface area contributed by atoms with E-state index in [2.05, 4.69) is 15.8 Å². The zero-order valence-electron chi connectivity index (χ0n) is 13.9. The third-order valence-electron chi connectivity index (χ3n) is 3.43. The molecule has 0 fully saturated rings. The van der Waals surface area contributed by atoms with Crippen molar-refractivity contribution in [3.05, 3.63) is 75.8 Å². The summed E-state index contributed by atoms with van der Waals surface area (Å²) < 4.78 is 0. The number of benzene rings is 2. The summed E-state index contributed by atoms with van der Waals surface area (Å²) in [6.45, 7) is 0.426. The van der Waals surface area contributed by atoms with Gasteiger partial charge in [-0.25, -0.2) is 5.43 Å². The van der Waals surface area contributed by atoms with E-state index in [-0.39, 0.29) is 17.7 Å². The number of amides is 2. The van der Waals surface area contributed by atoms with Crippen molar-refractivity contribution in [2.24, 2.45) is 5.10 Å². The smallest absolute Gasteiger partial charge is 0.278 e. The number of nitro groups is 1. The molecule has 0 aromatic heterocycles. The van der Waals surface area contributed by atoms with Crippen LogP contribution in [0.4, 0.5) is 5.69 Å². The molecule has 0 atom stereocenters. The number of nitrogens with one attached hydrogen (secondary N) is 2. The van der Waals surface area contributed by atoms with Crippen LogP contribution in [0.1, 0.15) is 17.5 Å². The Hall–Kier alpha value is -3.55. The van der Waals surface area contributed by atoms with Gasteiger partial charge in [-0.15, -0.1) is 0 Å². The van der Waals surface area contributed by atoms with E-state index < -0.39 is 16.7 Å². The molecule has 26 heavy (non-hydrogen) atoms. The number of para-hydroxylation sites is 1. The highest BCUT2D eigenvalue weighted by Crippen LogP contribution is 2.14. The summed E-state index contributed by atoms with van der Waals surface area (Å²) in [7, 11) is 0. The van der Waals surface area contributed by atoms with Crippen LogP contribution in [0.5, 0.6) is 0 Å². The fraction of sp³-hybridized carbons (Fsp3) is 0.167. The van der Waals surface area contributed by atoms with Crippen LogP contribution in [0.2, 0.25) is 0 Å². The van der Waals surface area contributed by atoms with Crippen molar-refractivity contribution in [2.75, 3.05) is 6.54 Å². The van der Waals surface area contributed by atoms with Crippen molar-refractivity contribution in [3.8, 4) is 0 Å². The van der Waals surface area contributed by atoms with Crippen LogP contribution in [0.25, 0.3) is 0 Å². The number of hydrogen-bond donors (Lipinski definition) is 2. The Morgan fingerprint density at radius 1 is 1.04 bits per heavy atom. The summed E-state index contributed by atoms with van der Waals surface area (Å²) in [5.74, 6) is -1.02. The number of carbonyl (C=O) groups is 2. The van der Waals surface area contributed by atoms with Crippen LogP contribution in [0, 0.1) is 10.1 Å². The first-order valence-corrected chi connectivity index (χ1v) is 7.92. The largest absolute Gasteiger partial charge is 0.355 e. The minimum absolute atomic E-state index is 0.121. The minimum atomic E-state index is -0.600. The Labute approximate surface area is 150 Å². The fourth-order valence-corrected chi connectivity index (χ4v) is 2.18. The third-order valence-corrected chi connectivity index (χ3v) is 3.43. The molecule has 2 aromatic carbocycles. The van der Waals surface area contributed by atoms with Crippen LogP contribution in [0.15, 0.2) is 59.7 Å². The van der Waals surface area contributed by atoms with Crippen molar-refractivity contribution in [3.63, 3.8) is 0 Å². The monoisotopic (exact) mass is 354 g/mol. The van der Waals surface area contributed by atoms with Crippen molar-refractivity contribution in [2.45, 2.75) is 12.8 Å². The molecular weight excluding hydrogens is 336 g/mol. The van der Waals surface area contributed by atoms with Crippen LogP contribution < -0.4 is 10.7 Å². The fourth-order valence-electron chi connectivity index (χ4n) is 2.18. The highest BCUT2D eigenvalue weighted by molar-refractivity contribution is 5.97. The second-order valence-corrected chi connectivity index (χ2v) is 5.37. The topological polar surface area (TPSA) is 114 Å². The molecule has 0 radical (unpaired) electrons. The van der Waals surface area contributed by atoms with Gasteiger partial charge in [-0.2, -0.15) is 5.10 Å². The molecule has 0 saturated carbocycles. The van der Waals surface area contributed by atoms with Gasteiger partial charge in [0.05, 0.1) is 16.7 Å². The quantitative estimate of drug-likeness (QED) is 0.325. The molecule has 2 aromatic rings. The Kier molecular flexibility index (Phi) is 6.99. The second-order valence-electron chi connectivity index (χ2n) is 5.37. The molecule has 0 unspecified atom stereocenters. The minimum Gasteiger partial charge on any atom is -0.355 e. The summed E-state index contributed by atoms with van der Waals surface area (Å²) >= 11 is 0. The summed E-state index contributed by atoms with van der Waals surface area (Å²) in [5.41, 5.74) is 3.41. The van der Waals surface area contributed by atoms with Gasteiger partial charge in [0.25, 0.3) is 5.69 Å². The molecule has 2 N–H and O–H groups in total. The summed E-state index contributed by atoms with van der Waals surface area (Å²) in [6, 6.07) is 15.7. The molecule has 2 amide bonds. The van der Waals surface area contributed by atoms with Crippen molar-refractivity contribution in [1.82, 2.24) is 10.7 Å². The Bertz CT molecular complexity index is 806. The zero-order valence-corrected chi connectivity index (χ0v) is 13.9. The number of carbonyl (C=O) groups excluding carboxylic acids is 2. The van der Waals surface area contributed by atoms with E-state index >= 15 is 0 Å². The zero-order chi connectivity index (χ0) is 18.8. The van der Waals surface area contributed by atoms with E-state index in [1.165, 1.54) is 24.4 Å². The van der Waals surface area contributed by atoms with Gasteiger partial charge in [-0.3, -0.25) is 19.7 Å². The van der Waals surface area contributed by atoms with E-state index in [0.29, 0.717) is 13.0 Å². The second kappa shape index (κ2) is 9.67. The molecule has 0 aliphatic carbocycles. The summed E-state index contributed by atoms with van der Waals surface area (Å²) in [5, 5.41) is 17.2. The highest BCUT2D eigenvalue weighted by atomic mass is 16.6. The highest BCUT2D eigenvalue weighted by Gasteiger charge is 2.11. The lowest BCUT2D eigenvalue weighted by atomic mass is 10.1. The van der Waals surface area contributed by atoms with Gasteiger partial charge in [-0.05, 0) is 18.1 Å². The van der Waals surface area contributed by atoms with Crippen LogP contribution in [-0.4, -0.2) is 29.5 Å².